The van der Waals surface area contributed by atoms with Crippen molar-refractivity contribution >= 4 is 17.3 Å². The molecule has 104 valence electrons. The minimum Gasteiger partial charge on any atom is -0.309 e. The minimum atomic E-state index is -0.439. The van der Waals surface area contributed by atoms with Crippen molar-refractivity contribution in [3.05, 3.63) is 74.5 Å². The third-order valence-corrected chi connectivity index (χ3v) is 2.95. The molecule has 1 N–H and O–H groups in total. The van der Waals surface area contributed by atoms with Crippen LogP contribution < -0.4 is 5.32 Å². The van der Waals surface area contributed by atoms with Gasteiger partial charge in [-0.05, 0) is 29.3 Å². The van der Waals surface area contributed by atoms with E-state index in [-0.39, 0.29) is 11.5 Å². The molecule has 0 atom stereocenters. The van der Waals surface area contributed by atoms with Gasteiger partial charge in [-0.3, -0.25) is 10.1 Å². The Morgan fingerprint density at radius 3 is 2.35 bits per heavy atom. The lowest BCUT2D eigenvalue weighted by Gasteiger charge is -2.06. The van der Waals surface area contributed by atoms with Gasteiger partial charge in [-0.1, -0.05) is 23.7 Å². The number of nitro groups is 1. The highest BCUT2D eigenvalue weighted by Crippen LogP contribution is 2.15. The van der Waals surface area contributed by atoms with Gasteiger partial charge in [-0.2, -0.15) is 0 Å². The van der Waals surface area contributed by atoms with Crippen molar-refractivity contribution < 1.29 is 9.31 Å². The number of nitrogens with zero attached hydrogens (tertiary/aromatic N) is 1. The average molecular weight is 295 g/mol. The van der Waals surface area contributed by atoms with Crippen LogP contribution >= 0.6 is 11.6 Å². The molecule has 2 rings (SSSR count). The third kappa shape index (κ3) is 4.01. The molecule has 0 saturated heterocycles. The van der Waals surface area contributed by atoms with Crippen molar-refractivity contribution in [1.29, 1.82) is 0 Å². The van der Waals surface area contributed by atoms with Crippen molar-refractivity contribution in [1.82, 2.24) is 5.32 Å². The van der Waals surface area contributed by atoms with Crippen molar-refractivity contribution in [3.63, 3.8) is 0 Å². The first-order chi connectivity index (χ1) is 9.54. The summed E-state index contributed by atoms with van der Waals surface area (Å²) < 4.78 is 13.1. The molecular formula is C14H12ClFN2O2. The fourth-order valence-electron chi connectivity index (χ4n) is 1.80. The average Bonchev–Trinajstić information content (AvgIpc) is 2.38. The molecule has 0 radical (unpaired) electrons. The summed E-state index contributed by atoms with van der Waals surface area (Å²) in [5, 5.41) is 14.0. The van der Waals surface area contributed by atoms with Crippen LogP contribution in [0.1, 0.15) is 11.1 Å². The first-order valence-electron chi connectivity index (χ1n) is 5.93. The van der Waals surface area contributed by atoms with Crippen LogP contribution in [0.3, 0.4) is 0 Å². The van der Waals surface area contributed by atoms with E-state index in [1.165, 1.54) is 24.3 Å². The molecule has 0 heterocycles. The van der Waals surface area contributed by atoms with Gasteiger partial charge in [0, 0.05) is 30.2 Å². The van der Waals surface area contributed by atoms with E-state index >= 15 is 0 Å². The molecule has 20 heavy (non-hydrogen) atoms. The summed E-state index contributed by atoms with van der Waals surface area (Å²) in [6, 6.07) is 10.6. The number of nitrogens with one attached hydrogen (secondary N) is 1. The topological polar surface area (TPSA) is 55.2 Å². The quantitative estimate of drug-likeness (QED) is 0.676. The number of halogens is 2. The number of hydrogen-bond donors (Lipinski definition) is 1. The largest absolute Gasteiger partial charge is 0.309 e. The molecule has 0 unspecified atom stereocenters. The maximum atomic E-state index is 13.1. The zero-order chi connectivity index (χ0) is 14.5. The number of hydrogen-bond acceptors (Lipinski definition) is 3. The van der Waals surface area contributed by atoms with E-state index in [0.717, 1.165) is 11.1 Å². The zero-order valence-corrected chi connectivity index (χ0v) is 11.2. The normalized spacial score (nSPS) is 10.5. The first-order valence-corrected chi connectivity index (χ1v) is 6.31. The van der Waals surface area contributed by atoms with Crippen LogP contribution in [0.15, 0.2) is 42.5 Å². The summed E-state index contributed by atoms with van der Waals surface area (Å²) in [5.41, 5.74) is 1.72. The highest BCUT2D eigenvalue weighted by molar-refractivity contribution is 6.30. The summed E-state index contributed by atoms with van der Waals surface area (Å²) in [6.07, 6.45) is 0. The second-order valence-corrected chi connectivity index (χ2v) is 4.74. The van der Waals surface area contributed by atoms with Gasteiger partial charge in [-0.25, -0.2) is 4.39 Å². The molecule has 2 aromatic rings. The Balaban J connectivity index is 1.90. The fraction of sp³-hybridized carbons (Fsp3) is 0.143. The van der Waals surface area contributed by atoms with E-state index in [2.05, 4.69) is 5.32 Å². The lowest BCUT2D eigenvalue weighted by Crippen LogP contribution is -2.12. The van der Waals surface area contributed by atoms with Crippen LogP contribution in [-0.4, -0.2) is 4.92 Å². The lowest BCUT2D eigenvalue weighted by atomic mass is 10.2. The number of rotatable bonds is 5. The summed E-state index contributed by atoms with van der Waals surface area (Å²) >= 11 is 5.76. The standard InChI is InChI=1S/C14H12ClFN2O2/c15-12-5-11(6-13(16)7-12)9-17-8-10-1-3-14(4-2-10)18(19)20/h1-7,17H,8-9H2. The van der Waals surface area contributed by atoms with Gasteiger partial charge >= 0.3 is 0 Å². The van der Waals surface area contributed by atoms with E-state index in [1.807, 2.05) is 0 Å². The predicted molar refractivity (Wildman–Crippen MR) is 75.1 cm³/mol. The van der Waals surface area contributed by atoms with Crippen LogP contribution in [-0.2, 0) is 13.1 Å². The summed E-state index contributed by atoms with van der Waals surface area (Å²) in [5.74, 6) is -0.371. The summed E-state index contributed by atoms with van der Waals surface area (Å²) in [4.78, 5) is 10.1. The molecule has 6 heteroatoms. The van der Waals surface area contributed by atoms with E-state index < -0.39 is 4.92 Å². The Bertz CT molecular complexity index is 597. The number of non-ortho nitro benzene ring substituents is 1. The Morgan fingerprint density at radius 2 is 1.75 bits per heavy atom. The molecule has 0 aromatic heterocycles. The third-order valence-electron chi connectivity index (χ3n) is 2.73. The summed E-state index contributed by atoms with van der Waals surface area (Å²) in [6.45, 7) is 1.00. The van der Waals surface area contributed by atoms with Crippen molar-refractivity contribution in [2.45, 2.75) is 13.1 Å². The molecule has 4 nitrogen and oxygen atoms in total. The maximum absolute atomic E-state index is 13.1. The smallest absolute Gasteiger partial charge is 0.269 e. The van der Waals surface area contributed by atoms with Crippen molar-refractivity contribution in [2.24, 2.45) is 0 Å². The molecule has 0 bridgehead atoms. The number of nitro benzene ring substituents is 1. The number of benzene rings is 2. The van der Waals surface area contributed by atoms with Gasteiger partial charge in [0.2, 0.25) is 0 Å². The van der Waals surface area contributed by atoms with E-state index in [9.17, 15) is 14.5 Å². The van der Waals surface area contributed by atoms with Crippen LogP contribution in [0.4, 0.5) is 10.1 Å². The monoisotopic (exact) mass is 294 g/mol. The Morgan fingerprint density at radius 1 is 1.10 bits per heavy atom. The maximum Gasteiger partial charge on any atom is 0.269 e. The molecule has 0 aliphatic heterocycles. The molecule has 0 spiro atoms. The lowest BCUT2D eigenvalue weighted by molar-refractivity contribution is -0.384. The van der Waals surface area contributed by atoms with Gasteiger partial charge in [0.25, 0.3) is 5.69 Å². The fourth-order valence-corrected chi connectivity index (χ4v) is 2.04. The van der Waals surface area contributed by atoms with Gasteiger partial charge in [-0.15, -0.1) is 0 Å². The molecule has 0 saturated carbocycles. The Hall–Kier alpha value is -1.98. The Labute approximate surface area is 120 Å². The summed E-state index contributed by atoms with van der Waals surface area (Å²) in [7, 11) is 0. The molecule has 0 aliphatic carbocycles. The molecule has 0 aliphatic rings. The van der Waals surface area contributed by atoms with Crippen LogP contribution in [0.25, 0.3) is 0 Å². The molecular weight excluding hydrogens is 283 g/mol. The van der Waals surface area contributed by atoms with E-state index in [4.69, 9.17) is 11.6 Å². The van der Waals surface area contributed by atoms with Gasteiger partial charge in [0.05, 0.1) is 4.92 Å². The molecule has 0 fully saturated rings. The second kappa shape index (κ2) is 6.45. The van der Waals surface area contributed by atoms with Gasteiger partial charge < -0.3 is 5.32 Å². The SMILES string of the molecule is O=[N+]([O-])c1ccc(CNCc2cc(F)cc(Cl)c2)cc1. The predicted octanol–water partition coefficient (Wildman–Crippen LogP) is 3.68. The van der Waals surface area contributed by atoms with Crippen LogP contribution in [0, 0.1) is 15.9 Å². The van der Waals surface area contributed by atoms with E-state index in [0.29, 0.717) is 18.1 Å². The van der Waals surface area contributed by atoms with Crippen molar-refractivity contribution in [2.75, 3.05) is 0 Å². The molecule has 0 amide bonds. The van der Waals surface area contributed by atoms with Crippen LogP contribution in [0.5, 0.6) is 0 Å². The minimum absolute atomic E-state index is 0.0608. The van der Waals surface area contributed by atoms with Gasteiger partial charge in [0.15, 0.2) is 0 Å². The second-order valence-electron chi connectivity index (χ2n) is 4.30. The molecule has 2 aromatic carbocycles. The van der Waals surface area contributed by atoms with Crippen molar-refractivity contribution in [3.8, 4) is 0 Å². The van der Waals surface area contributed by atoms with Gasteiger partial charge in [0.1, 0.15) is 5.82 Å². The highest BCUT2D eigenvalue weighted by Gasteiger charge is 2.04. The van der Waals surface area contributed by atoms with E-state index in [1.54, 1.807) is 18.2 Å². The first kappa shape index (κ1) is 14.4. The highest BCUT2D eigenvalue weighted by atomic mass is 35.5. The zero-order valence-electron chi connectivity index (χ0n) is 10.5. The Kier molecular flexibility index (Phi) is 4.65. The van der Waals surface area contributed by atoms with Crippen LogP contribution in [0.2, 0.25) is 5.02 Å².